The summed E-state index contributed by atoms with van der Waals surface area (Å²) < 4.78 is 5.21. The maximum absolute atomic E-state index is 5.21. The SMILES string of the molecule is CCNc1cc(Nc2cccc(OC)c2)nc(CC)n1. The first kappa shape index (κ1) is 14.1. The lowest BCUT2D eigenvalue weighted by molar-refractivity contribution is 0.415. The Bertz CT molecular complexity index is 572. The summed E-state index contributed by atoms with van der Waals surface area (Å²) in [5, 5.41) is 6.50. The first-order chi connectivity index (χ1) is 9.75. The second-order valence-corrected chi connectivity index (χ2v) is 4.30. The highest BCUT2D eigenvalue weighted by atomic mass is 16.5. The molecule has 2 aromatic rings. The van der Waals surface area contributed by atoms with Gasteiger partial charge in [-0.05, 0) is 19.1 Å². The number of aromatic nitrogens is 2. The maximum Gasteiger partial charge on any atom is 0.136 e. The lowest BCUT2D eigenvalue weighted by Gasteiger charge is -2.10. The van der Waals surface area contributed by atoms with Crippen molar-refractivity contribution in [3.8, 4) is 5.75 Å². The van der Waals surface area contributed by atoms with Crippen molar-refractivity contribution in [3.63, 3.8) is 0 Å². The van der Waals surface area contributed by atoms with Gasteiger partial charge < -0.3 is 15.4 Å². The third kappa shape index (κ3) is 3.60. The minimum atomic E-state index is 0.779. The number of benzene rings is 1. The lowest BCUT2D eigenvalue weighted by atomic mass is 10.3. The molecule has 1 aromatic heterocycles. The van der Waals surface area contributed by atoms with Gasteiger partial charge in [-0.15, -0.1) is 0 Å². The van der Waals surface area contributed by atoms with Crippen LogP contribution in [0, 0.1) is 0 Å². The fourth-order valence-corrected chi connectivity index (χ4v) is 1.84. The zero-order valence-electron chi connectivity index (χ0n) is 12.1. The molecule has 20 heavy (non-hydrogen) atoms. The van der Waals surface area contributed by atoms with Crippen molar-refractivity contribution < 1.29 is 4.74 Å². The molecule has 0 unspecified atom stereocenters. The summed E-state index contributed by atoms with van der Waals surface area (Å²) >= 11 is 0. The van der Waals surface area contributed by atoms with Gasteiger partial charge in [-0.3, -0.25) is 0 Å². The standard InChI is InChI=1S/C15H20N4O/c1-4-13-18-14(16-5-2)10-15(19-13)17-11-7-6-8-12(9-11)20-3/h6-10H,4-5H2,1-3H3,(H2,16,17,18,19). The number of rotatable bonds is 6. The topological polar surface area (TPSA) is 59.1 Å². The molecule has 0 saturated heterocycles. The summed E-state index contributed by atoms with van der Waals surface area (Å²) in [6, 6.07) is 9.66. The second kappa shape index (κ2) is 6.75. The molecule has 106 valence electrons. The normalized spacial score (nSPS) is 10.2. The summed E-state index contributed by atoms with van der Waals surface area (Å²) in [5.41, 5.74) is 0.938. The van der Waals surface area contributed by atoms with E-state index in [1.807, 2.05) is 44.2 Å². The fraction of sp³-hybridized carbons (Fsp3) is 0.333. The van der Waals surface area contributed by atoms with E-state index >= 15 is 0 Å². The summed E-state index contributed by atoms with van der Waals surface area (Å²) in [7, 11) is 1.66. The molecule has 5 heteroatoms. The average molecular weight is 272 g/mol. The van der Waals surface area contributed by atoms with E-state index < -0.39 is 0 Å². The molecule has 0 amide bonds. The van der Waals surface area contributed by atoms with Crippen LogP contribution in [0.3, 0.4) is 0 Å². The highest BCUT2D eigenvalue weighted by Crippen LogP contribution is 2.21. The van der Waals surface area contributed by atoms with Gasteiger partial charge in [0, 0.05) is 30.8 Å². The van der Waals surface area contributed by atoms with E-state index in [9.17, 15) is 0 Å². The molecule has 0 aliphatic carbocycles. The number of ether oxygens (including phenoxy) is 1. The molecule has 0 aliphatic rings. The van der Waals surface area contributed by atoms with Crippen LogP contribution in [-0.4, -0.2) is 23.6 Å². The molecular weight excluding hydrogens is 252 g/mol. The maximum atomic E-state index is 5.21. The van der Waals surface area contributed by atoms with E-state index in [1.165, 1.54) is 0 Å². The van der Waals surface area contributed by atoms with E-state index in [-0.39, 0.29) is 0 Å². The first-order valence-electron chi connectivity index (χ1n) is 6.78. The molecule has 0 saturated carbocycles. The van der Waals surface area contributed by atoms with Crippen LogP contribution < -0.4 is 15.4 Å². The van der Waals surface area contributed by atoms with Gasteiger partial charge in [0.2, 0.25) is 0 Å². The third-order valence-electron chi connectivity index (χ3n) is 2.79. The van der Waals surface area contributed by atoms with Gasteiger partial charge in [0.25, 0.3) is 0 Å². The van der Waals surface area contributed by atoms with Crippen LogP contribution >= 0.6 is 0 Å². The quantitative estimate of drug-likeness (QED) is 0.845. The molecule has 0 aliphatic heterocycles. The van der Waals surface area contributed by atoms with Crippen molar-refractivity contribution in [2.45, 2.75) is 20.3 Å². The van der Waals surface area contributed by atoms with Crippen molar-refractivity contribution in [1.29, 1.82) is 0 Å². The third-order valence-corrected chi connectivity index (χ3v) is 2.79. The fourth-order valence-electron chi connectivity index (χ4n) is 1.84. The van der Waals surface area contributed by atoms with Crippen molar-refractivity contribution >= 4 is 17.3 Å². The van der Waals surface area contributed by atoms with E-state index in [2.05, 4.69) is 20.6 Å². The second-order valence-electron chi connectivity index (χ2n) is 4.30. The molecule has 0 spiro atoms. The van der Waals surface area contributed by atoms with E-state index in [0.717, 1.165) is 41.9 Å². The predicted octanol–water partition coefficient (Wildman–Crippen LogP) is 3.22. The molecule has 0 radical (unpaired) electrons. The van der Waals surface area contributed by atoms with Gasteiger partial charge in [-0.1, -0.05) is 13.0 Å². The molecule has 5 nitrogen and oxygen atoms in total. The van der Waals surface area contributed by atoms with Gasteiger partial charge in [-0.2, -0.15) is 0 Å². The highest BCUT2D eigenvalue weighted by molar-refractivity contribution is 5.60. The molecule has 0 atom stereocenters. The average Bonchev–Trinajstić information content (AvgIpc) is 2.47. The zero-order valence-corrected chi connectivity index (χ0v) is 12.1. The van der Waals surface area contributed by atoms with Crippen LogP contribution in [-0.2, 0) is 6.42 Å². The number of anilines is 3. The van der Waals surface area contributed by atoms with Crippen LogP contribution in [0.25, 0.3) is 0 Å². The number of hydrogen-bond donors (Lipinski definition) is 2. The Hall–Kier alpha value is -2.30. The molecule has 2 rings (SSSR count). The largest absolute Gasteiger partial charge is 0.497 e. The van der Waals surface area contributed by atoms with Crippen molar-refractivity contribution in [3.05, 3.63) is 36.2 Å². The summed E-state index contributed by atoms with van der Waals surface area (Å²) in [6.45, 7) is 4.92. The van der Waals surface area contributed by atoms with E-state index in [0.29, 0.717) is 0 Å². The number of methoxy groups -OCH3 is 1. The molecule has 1 aromatic carbocycles. The van der Waals surface area contributed by atoms with Gasteiger partial charge in [0.15, 0.2) is 0 Å². The molecule has 2 N–H and O–H groups in total. The molecule has 0 bridgehead atoms. The Labute approximate surface area is 119 Å². The minimum Gasteiger partial charge on any atom is -0.497 e. The number of nitrogens with zero attached hydrogens (tertiary/aromatic N) is 2. The van der Waals surface area contributed by atoms with Crippen LogP contribution in [0.4, 0.5) is 17.3 Å². The Kier molecular flexibility index (Phi) is 4.76. The Morgan fingerprint density at radius 1 is 1.10 bits per heavy atom. The van der Waals surface area contributed by atoms with Gasteiger partial charge in [0.05, 0.1) is 7.11 Å². The smallest absolute Gasteiger partial charge is 0.136 e. The Morgan fingerprint density at radius 2 is 1.90 bits per heavy atom. The summed E-state index contributed by atoms with van der Waals surface area (Å²) in [5.74, 6) is 3.24. The molecule has 1 heterocycles. The highest BCUT2D eigenvalue weighted by Gasteiger charge is 2.04. The predicted molar refractivity (Wildman–Crippen MR) is 81.9 cm³/mol. The molecular formula is C15H20N4O. The molecule has 0 fully saturated rings. The van der Waals surface area contributed by atoms with Gasteiger partial charge >= 0.3 is 0 Å². The first-order valence-corrected chi connectivity index (χ1v) is 6.78. The minimum absolute atomic E-state index is 0.779. The van der Waals surface area contributed by atoms with Gasteiger partial charge in [-0.25, -0.2) is 9.97 Å². The zero-order chi connectivity index (χ0) is 14.4. The van der Waals surface area contributed by atoms with E-state index in [1.54, 1.807) is 7.11 Å². The van der Waals surface area contributed by atoms with E-state index in [4.69, 9.17) is 4.74 Å². The van der Waals surface area contributed by atoms with Crippen LogP contribution in [0.1, 0.15) is 19.7 Å². The van der Waals surface area contributed by atoms with Gasteiger partial charge in [0.1, 0.15) is 23.2 Å². The summed E-state index contributed by atoms with van der Waals surface area (Å²) in [6.07, 6.45) is 0.798. The van der Waals surface area contributed by atoms with Crippen molar-refractivity contribution in [2.24, 2.45) is 0 Å². The van der Waals surface area contributed by atoms with Crippen molar-refractivity contribution in [2.75, 3.05) is 24.3 Å². The van der Waals surface area contributed by atoms with Crippen LogP contribution in [0.15, 0.2) is 30.3 Å². The van der Waals surface area contributed by atoms with Crippen LogP contribution in [0.2, 0.25) is 0 Å². The summed E-state index contributed by atoms with van der Waals surface area (Å²) in [4.78, 5) is 8.91. The number of nitrogens with one attached hydrogen (secondary N) is 2. The monoisotopic (exact) mass is 272 g/mol. The number of aryl methyl sites for hydroxylation is 1. The lowest BCUT2D eigenvalue weighted by Crippen LogP contribution is -2.05. The Balaban J connectivity index is 2.24. The Morgan fingerprint density at radius 3 is 2.60 bits per heavy atom. The number of hydrogen-bond acceptors (Lipinski definition) is 5. The van der Waals surface area contributed by atoms with Crippen LogP contribution in [0.5, 0.6) is 5.75 Å². The van der Waals surface area contributed by atoms with Crippen molar-refractivity contribution in [1.82, 2.24) is 9.97 Å².